The van der Waals surface area contributed by atoms with Crippen molar-refractivity contribution in [3.63, 3.8) is 0 Å². The normalized spacial score (nSPS) is 24.3. The Morgan fingerprint density at radius 3 is 2.27 bits per heavy atom. The van der Waals surface area contributed by atoms with Crippen molar-refractivity contribution in [1.82, 2.24) is 15.0 Å². The van der Waals surface area contributed by atoms with Crippen LogP contribution in [0.1, 0.15) is 65.1 Å². The number of hydrogen-bond acceptors (Lipinski definition) is 5. The Labute approximate surface area is 238 Å². The second kappa shape index (κ2) is 10.3. The number of carboxylic acid groups (broad SMARTS) is 1. The number of para-hydroxylation sites is 1. The fraction of sp³-hybridized carbons (Fsp3) is 0.333. The molecule has 3 aromatic carbocycles. The molecule has 208 valence electrons. The van der Waals surface area contributed by atoms with Crippen LogP contribution in [-0.4, -0.2) is 37.6 Å². The van der Waals surface area contributed by atoms with Crippen molar-refractivity contribution < 1.29 is 19.4 Å². The van der Waals surface area contributed by atoms with E-state index in [2.05, 4.69) is 10.4 Å². The molecule has 0 spiro atoms. The molecule has 0 atom stereocenters. The maximum atomic E-state index is 13.6. The second-order valence-electron chi connectivity index (χ2n) is 11.9. The van der Waals surface area contributed by atoms with E-state index in [0.717, 1.165) is 53.8 Å². The summed E-state index contributed by atoms with van der Waals surface area (Å²) in [5, 5.41) is 21.7. The van der Waals surface area contributed by atoms with E-state index in [9.17, 15) is 14.7 Å². The molecule has 0 aliphatic heterocycles. The molecule has 41 heavy (non-hydrogen) atoms. The summed E-state index contributed by atoms with van der Waals surface area (Å²) in [7, 11) is 0. The molecule has 0 unspecified atom stereocenters. The molecule has 1 aromatic heterocycles. The Balaban J connectivity index is 1.23. The number of nitrogens with zero attached hydrogens (tertiary/aromatic N) is 3. The Morgan fingerprint density at radius 2 is 1.56 bits per heavy atom. The topological polar surface area (TPSA) is 106 Å². The van der Waals surface area contributed by atoms with Crippen molar-refractivity contribution in [3.8, 4) is 16.8 Å². The molecule has 0 saturated heterocycles. The summed E-state index contributed by atoms with van der Waals surface area (Å²) in [6, 6.07) is 24.0. The van der Waals surface area contributed by atoms with Crippen LogP contribution >= 0.6 is 0 Å². The largest absolute Gasteiger partial charge is 0.478 e. The van der Waals surface area contributed by atoms with Gasteiger partial charge in [0.05, 0.1) is 23.5 Å². The van der Waals surface area contributed by atoms with Gasteiger partial charge in [-0.1, -0.05) is 54.6 Å². The van der Waals surface area contributed by atoms with Gasteiger partial charge in [-0.25, -0.2) is 4.79 Å². The Hall–Kier alpha value is -4.30. The number of ether oxygens (including phenoxy) is 1. The lowest BCUT2D eigenvalue weighted by Crippen LogP contribution is -2.51. The number of amides is 1. The lowest BCUT2D eigenvalue weighted by atomic mass is 9.54. The third-order valence-corrected chi connectivity index (χ3v) is 8.97. The molecule has 4 fully saturated rings. The summed E-state index contributed by atoms with van der Waals surface area (Å²) in [6.07, 6.45) is 7.18. The molecule has 0 radical (unpaired) electrons. The molecule has 4 aromatic rings. The van der Waals surface area contributed by atoms with Crippen LogP contribution < -0.4 is 5.32 Å². The first-order valence-electron chi connectivity index (χ1n) is 14.3. The summed E-state index contributed by atoms with van der Waals surface area (Å²) in [5.74, 6) is 0.686. The molecular formula is C33H32N4O4. The maximum absolute atomic E-state index is 13.6. The monoisotopic (exact) mass is 548 g/mol. The van der Waals surface area contributed by atoms with Gasteiger partial charge in [0.15, 0.2) is 5.69 Å². The van der Waals surface area contributed by atoms with Gasteiger partial charge in [0.25, 0.3) is 5.91 Å². The Kier molecular flexibility index (Phi) is 6.43. The Bertz CT molecular complexity index is 1580. The van der Waals surface area contributed by atoms with Crippen molar-refractivity contribution in [2.45, 2.75) is 50.7 Å². The first-order chi connectivity index (χ1) is 19.9. The minimum absolute atomic E-state index is 0.0913. The molecule has 1 heterocycles. The van der Waals surface area contributed by atoms with Crippen LogP contribution in [-0.2, 0) is 11.3 Å². The number of hydrogen-bond donors (Lipinski definition) is 2. The number of aromatic nitrogens is 3. The highest BCUT2D eigenvalue weighted by atomic mass is 16.5. The van der Waals surface area contributed by atoms with Gasteiger partial charge < -0.3 is 15.2 Å². The minimum atomic E-state index is -1.06. The first-order valence-corrected chi connectivity index (χ1v) is 14.3. The van der Waals surface area contributed by atoms with Gasteiger partial charge in [-0.15, -0.1) is 15.0 Å². The van der Waals surface area contributed by atoms with Crippen LogP contribution in [0.5, 0.6) is 0 Å². The molecule has 4 saturated carbocycles. The number of anilines is 1. The van der Waals surface area contributed by atoms with E-state index < -0.39 is 11.9 Å². The second-order valence-corrected chi connectivity index (χ2v) is 11.9. The van der Waals surface area contributed by atoms with Crippen LogP contribution in [0.15, 0.2) is 78.9 Å². The zero-order valence-corrected chi connectivity index (χ0v) is 22.7. The molecular weight excluding hydrogens is 516 g/mol. The molecule has 4 aliphatic rings. The van der Waals surface area contributed by atoms with Gasteiger partial charge in [-0.3, -0.25) is 4.79 Å². The maximum Gasteiger partial charge on any atom is 0.335 e. The fourth-order valence-electron chi connectivity index (χ4n) is 7.58. The number of carbonyl (C=O) groups is 2. The number of rotatable bonds is 8. The van der Waals surface area contributed by atoms with Gasteiger partial charge in [0.2, 0.25) is 0 Å². The lowest BCUT2D eigenvalue weighted by molar-refractivity contribution is -0.169. The van der Waals surface area contributed by atoms with E-state index in [1.165, 1.54) is 36.2 Å². The van der Waals surface area contributed by atoms with E-state index in [4.69, 9.17) is 9.84 Å². The molecule has 4 aliphatic carbocycles. The van der Waals surface area contributed by atoms with Crippen molar-refractivity contribution in [2.24, 2.45) is 17.8 Å². The van der Waals surface area contributed by atoms with Crippen LogP contribution in [0.3, 0.4) is 0 Å². The number of aromatic carboxylic acids is 1. The van der Waals surface area contributed by atoms with Gasteiger partial charge in [0, 0.05) is 11.3 Å². The number of carboxylic acids is 1. The highest BCUT2D eigenvalue weighted by Gasteiger charge is 2.51. The average molecular weight is 549 g/mol. The van der Waals surface area contributed by atoms with Crippen molar-refractivity contribution in [1.29, 1.82) is 0 Å². The summed E-state index contributed by atoms with van der Waals surface area (Å²) in [5.41, 5.74) is 3.66. The van der Waals surface area contributed by atoms with E-state index in [1.54, 1.807) is 12.1 Å². The third kappa shape index (κ3) is 5.04. The quantitative estimate of drug-likeness (QED) is 0.265. The number of nitrogens with one attached hydrogen (secondary N) is 1. The zero-order valence-electron chi connectivity index (χ0n) is 22.7. The lowest BCUT2D eigenvalue weighted by Gasteiger charge is -2.56. The van der Waals surface area contributed by atoms with Gasteiger partial charge in [-0.2, -0.15) is 0 Å². The predicted molar refractivity (Wildman–Crippen MR) is 154 cm³/mol. The summed E-state index contributed by atoms with van der Waals surface area (Å²) in [4.78, 5) is 26.6. The van der Waals surface area contributed by atoms with Crippen molar-refractivity contribution >= 4 is 17.6 Å². The van der Waals surface area contributed by atoms with Gasteiger partial charge in [-0.05, 0) is 86.1 Å². The van der Waals surface area contributed by atoms with E-state index in [1.807, 2.05) is 54.6 Å². The zero-order chi connectivity index (χ0) is 28.0. The first kappa shape index (κ1) is 25.7. The van der Waals surface area contributed by atoms with E-state index >= 15 is 0 Å². The smallest absolute Gasteiger partial charge is 0.335 e. The molecule has 4 bridgehead atoms. The molecule has 8 heteroatoms. The van der Waals surface area contributed by atoms with E-state index in [0.29, 0.717) is 11.4 Å². The third-order valence-electron chi connectivity index (χ3n) is 8.97. The number of carbonyl (C=O) groups excluding carboxylic acids is 1. The SMILES string of the molecule is O=C(O)c1cccc(NC(=O)c2nn(-c3ccccc3-c3ccccc3)nc2COC23CC4CC(CC(C4)C2)C3)c1. The highest BCUT2D eigenvalue weighted by Crippen LogP contribution is 2.57. The van der Waals surface area contributed by atoms with Crippen LogP contribution in [0.2, 0.25) is 0 Å². The van der Waals surface area contributed by atoms with E-state index in [-0.39, 0.29) is 23.5 Å². The minimum Gasteiger partial charge on any atom is -0.478 e. The summed E-state index contributed by atoms with van der Waals surface area (Å²) < 4.78 is 6.71. The standard InChI is InChI=1S/C33H32N4O4/c38-31(34-26-10-6-9-25(16-26)32(39)40)30-28(20-41-33-17-21-13-22(18-33)15-23(14-21)19-33)35-37(36-30)29-12-5-4-11-27(29)24-7-2-1-3-8-24/h1-12,16,21-23H,13-15,17-20H2,(H,34,38)(H,39,40). The predicted octanol–water partition coefficient (Wildman–Crippen LogP) is 6.37. The average Bonchev–Trinajstić information content (AvgIpc) is 3.41. The Morgan fingerprint density at radius 1 is 0.878 bits per heavy atom. The summed E-state index contributed by atoms with van der Waals surface area (Å²) >= 11 is 0. The molecule has 8 nitrogen and oxygen atoms in total. The number of benzene rings is 3. The molecule has 2 N–H and O–H groups in total. The molecule has 1 amide bonds. The van der Waals surface area contributed by atoms with Gasteiger partial charge >= 0.3 is 5.97 Å². The van der Waals surface area contributed by atoms with Crippen LogP contribution in [0.25, 0.3) is 16.8 Å². The van der Waals surface area contributed by atoms with Crippen molar-refractivity contribution in [2.75, 3.05) is 5.32 Å². The molecule has 8 rings (SSSR count). The van der Waals surface area contributed by atoms with Crippen LogP contribution in [0.4, 0.5) is 5.69 Å². The highest BCUT2D eigenvalue weighted by molar-refractivity contribution is 6.04. The fourth-order valence-corrected chi connectivity index (χ4v) is 7.58. The summed E-state index contributed by atoms with van der Waals surface area (Å²) in [6.45, 7) is 0.192. The van der Waals surface area contributed by atoms with Crippen molar-refractivity contribution in [3.05, 3.63) is 95.8 Å². The van der Waals surface area contributed by atoms with Crippen LogP contribution in [0, 0.1) is 17.8 Å². The van der Waals surface area contributed by atoms with Gasteiger partial charge in [0.1, 0.15) is 5.69 Å².